The van der Waals surface area contributed by atoms with E-state index in [1.807, 2.05) is 32.9 Å². The van der Waals surface area contributed by atoms with E-state index in [0.29, 0.717) is 23.7 Å². The van der Waals surface area contributed by atoms with Gasteiger partial charge in [0.1, 0.15) is 10.2 Å². The summed E-state index contributed by atoms with van der Waals surface area (Å²) in [6, 6.07) is 3.72. The van der Waals surface area contributed by atoms with Crippen LogP contribution in [0.2, 0.25) is 0 Å². The Labute approximate surface area is 140 Å². The fraction of sp³-hybridized carbons (Fsp3) is 0.625. The molecule has 22 heavy (non-hydrogen) atoms. The summed E-state index contributed by atoms with van der Waals surface area (Å²) < 4.78 is 12.0. The molecule has 2 rings (SSSR count). The smallest absolute Gasteiger partial charge is 0.410 e. The average Bonchev–Trinajstić information content (AvgIpc) is 2.45. The Kier molecular flexibility index (Phi) is 5.67. The molecule has 1 saturated heterocycles. The van der Waals surface area contributed by atoms with Crippen molar-refractivity contribution in [3.63, 3.8) is 0 Å². The van der Waals surface area contributed by atoms with Crippen molar-refractivity contribution in [3.05, 3.63) is 22.9 Å². The standard InChI is InChI=1S/C16H23BrN2O3/c1-16(2,3)22-15(20)19-9-5-6-12(10-19)11-21-13-7-4-8-18-14(13)17/h4,7-8,12H,5-6,9-11H2,1-3H3. The molecule has 2 heterocycles. The van der Waals surface area contributed by atoms with E-state index in [4.69, 9.17) is 9.47 Å². The zero-order chi connectivity index (χ0) is 16.2. The van der Waals surface area contributed by atoms with Gasteiger partial charge in [-0.1, -0.05) is 0 Å². The van der Waals surface area contributed by atoms with Crippen LogP contribution in [0.1, 0.15) is 33.6 Å². The molecular weight excluding hydrogens is 348 g/mol. The molecule has 1 aliphatic rings. The average molecular weight is 371 g/mol. The van der Waals surface area contributed by atoms with Gasteiger partial charge >= 0.3 is 6.09 Å². The van der Waals surface area contributed by atoms with Crippen LogP contribution < -0.4 is 4.74 Å². The minimum atomic E-state index is -0.457. The number of likely N-dealkylation sites (tertiary alicyclic amines) is 1. The highest BCUT2D eigenvalue weighted by molar-refractivity contribution is 9.10. The molecule has 5 nitrogen and oxygen atoms in total. The lowest BCUT2D eigenvalue weighted by Gasteiger charge is -2.34. The molecule has 122 valence electrons. The first-order valence-electron chi connectivity index (χ1n) is 7.56. The van der Waals surface area contributed by atoms with Crippen LogP contribution in [0, 0.1) is 5.92 Å². The van der Waals surface area contributed by atoms with Gasteiger partial charge in [0.2, 0.25) is 0 Å². The normalized spacial score (nSPS) is 18.9. The highest BCUT2D eigenvalue weighted by Gasteiger charge is 2.28. The number of hydrogen-bond acceptors (Lipinski definition) is 4. The molecule has 0 saturated carbocycles. The lowest BCUT2D eigenvalue weighted by Crippen LogP contribution is -2.44. The second-order valence-electron chi connectivity index (χ2n) is 6.54. The topological polar surface area (TPSA) is 51.7 Å². The maximum Gasteiger partial charge on any atom is 0.410 e. The first kappa shape index (κ1) is 17.1. The monoisotopic (exact) mass is 370 g/mol. The van der Waals surface area contributed by atoms with E-state index in [1.54, 1.807) is 11.1 Å². The molecule has 1 unspecified atom stereocenters. The van der Waals surface area contributed by atoms with Crippen LogP contribution in [0.5, 0.6) is 5.75 Å². The second kappa shape index (κ2) is 7.31. The van der Waals surface area contributed by atoms with E-state index >= 15 is 0 Å². The first-order valence-corrected chi connectivity index (χ1v) is 8.36. The summed E-state index contributed by atoms with van der Waals surface area (Å²) in [4.78, 5) is 18.0. The van der Waals surface area contributed by atoms with Crippen molar-refractivity contribution >= 4 is 22.0 Å². The Bertz CT molecular complexity index is 516. The van der Waals surface area contributed by atoms with Crippen molar-refractivity contribution in [1.82, 2.24) is 9.88 Å². The molecule has 1 atom stereocenters. The molecule has 0 spiro atoms. The van der Waals surface area contributed by atoms with Crippen LogP contribution in [0.15, 0.2) is 22.9 Å². The molecule has 6 heteroatoms. The zero-order valence-electron chi connectivity index (χ0n) is 13.3. The van der Waals surface area contributed by atoms with E-state index in [0.717, 1.165) is 25.1 Å². The van der Waals surface area contributed by atoms with Gasteiger partial charge in [-0.2, -0.15) is 0 Å². The van der Waals surface area contributed by atoms with E-state index in [9.17, 15) is 4.79 Å². The Hall–Kier alpha value is -1.30. The Morgan fingerprint density at radius 3 is 2.95 bits per heavy atom. The van der Waals surface area contributed by atoms with Crippen LogP contribution >= 0.6 is 15.9 Å². The van der Waals surface area contributed by atoms with Crippen LogP contribution in [-0.4, -0.2) is 41.3 Å². The van der Waals surface area contributed by atoms with Crippen LogP contribution in [0.3, 0.4) is 0 Å². The minimum absolute atomic E-state index is 0.236. The van der Waals surface area contributed by atoms with Crippen molar-refractivity contribution in [2.75, 3.05) is 19.7 Å². The number of rotatable bonds is 3. The quantitative estimate of drug-likeness (QED) is 0.757. The van der Waals surface area contributed by atoms with Gasteiger partial charge in [0.05, 0.1) is 6.61 Å². The number of hydrogen-bond donors (Lipinski definition) is 0. The summed E-state index contributed by atoms with van der Waals surface area (Å²) in [7, 11) is 0. The lowest BCUT2D eigenvalue weighted by molar-refractivity contribution is 0.0139. The van der Waals surface area contributed by atoms with Gasteiger partial charge in [-0.3, -0.25) is 0 Å². The number of aromatic nitrogens is 1. The number of carbonyl (C=O) groups is 1. The molecule has 1 aliphatic heterocycles. The molecule has 1 amide bonds. The minimum Gasteiger partial charge on any atom is -0.490 e. The van der Waals surface area contributed by atoms with Crippen LogP contribution in [0.25, 0.3) is 0 Å². The van der Waals surface area contributed by atoms with Gasteiger partial charge in [0.15, 0.2) is 5.75 Å². The number of ether oxygens (including phenoxy) is 2. The van der Waals surface area contributed by atoms with Gasteiger partial charge in [-0.05, 0) is 61.7 Å². The van der Waals surface area contributed by atoms with Crippen molar-refractivity contribution in [2.24, 2.45) is 5.92 Å². The zero-order valence-corrected chi connectivity index (χ0v) is 14.9. The molecule has 0 aromatic carbocycles. The third-order valence-electron chi connectivity index (χ3n) is 3.37. The lowest BCUT2D eigenvalue weighted by atomic mass is 9.99. The number of halogens is 1. The van der Waals surface area contributed by atoms with Crippen molar-refractivity contribution in [3.8, 4) is 5.75 Å². The largest absolute Gasteiger partial charge is 0.490 e. The Morgan fingerprint density at radius 1 is 1.50 bits per heavy atom. The van der Waals surface area contributed by atoms with E-state index in [2.05, 4.69) is 20.9 Å². The summed E-state index contributed by atoms with van der Waals surface area (Å²) in [5.74, 6) is 1.05. The van der Waals surface area contributed by atoms with Crippen molar-refractivity contribution in [1.29, 1.82) is 0 Å². The third kappa shape index (κ3) is 5.16. The van der Waals surface area contributed by atoms with Crippen molar-refractivity contribution < 1.29 is 14.3 Å². The SMILES string of the molecule is CC(C)(C)OC(=O)N1CCCC(COc2cccnc2Br)C1. The summed E-state index contributed by atoms with van der Waals surface area (Å²) in [5, 5.41) is 0. The molecule has 0 bridgehead atoms. The number of amides is 1. The fourth-order valence-corrected chi connectivity index (χ4v) is 2.74. The van der Waals surface area contributed by atoms with E-state index < -0.39 is 5.60 Å². The Morgan fingerprint density at radius 2 is 2.27 bits per heavy atom. The third-order valence-corrected chi connectivity index (χ3v) is 3.97. The van der Waals surface area contributed by atoms with Crippen LogP contribution in [0.4, 0.5) is 4.79 Å². The first-order chi connectivity index (χ1) is 10.3. The summed E-state index contributed by atoms with van der Waals surface area (Å²) in [5.41, 5.74) is -0.457. The molecule has 1 aromatic rings. The second-order valence-corrected chi connectivity index (χ2v) is 7.29. The Balaban J connectivity index is 1.86. The summed E-state index contributed by atoms with van der Waals surface area (Å²) in [6.45, 7) is 7.65. The number of nitrogens with zero attached hydrogens (tertiary/aromatic N) is 2. The molecule has 1 fully saturated rings. The van der Waals surface area contributed by atoms with E-state index in [1.165, 1.54) is 0 Å². The maximum atomic E-state index is 12.1. The molecule has 0 N–H and O–H groups in total. The number of carbonyl (C=O) groups excluding carboxylic acids is 1. The van der Waals surface area contributed by atoms with Gasteiger partial charge in [-0.15, -0.1) is 0 Å². The fourth-order valence-electron chi connectivity index (χ4n) is 2.38. The molecule has 0 radical (unpaired) electrons. The summed E-state index contributed by atoms with van der Waals surface area (Å²) >= 11 is 3.37. The van der Waals surface area contributed by atoms with Crippen molar-refractivity contribution in [2.45, 2.75) is 39.2 Å². The highest BCUT2D eigenvalue weighted by atomic mass is 79.9. The highest BCUT2D eigenvalue weighted by Crippen LogP contribution is 2.24. The van der Waals surface area contributed by atoms with Gasteiger partial charge in [0, 0.05) is 25.2 Å². The predicted molar refractivity (Wildman–Crippen MR) is 88.0 cm³/mol. The number of piperidine rings is 1. The summed E-state index contributed by atoms with van der Waals surface area (Å²) in [6.07, 6.45) is 3.50. The predicted octanol–water partition coefficient (Wildman–Crippen LogP) is 3.87. The molecular formula is C16H23BrN2O3. The van der Waals surface area contributed by atoms with Crippen LogP contribution in [-0.2, 0) is 4.74 Å². The van der Waals surface area contributed by atoms with Gasteiger partial charge in [0.25, 0.3) is 0 Å². The van der Waals surface area contributed by atoms with Gasteiger partial charge in [-0.25, -0.2) is 9.78 Å². The maximum absolute atomic E-state index is 12.1. The molecule has 1 aromatic heterocycles. The van der Waals surface area contributed by atoms with E-state index in [-0.39, 0.29) is 6.09 Å². The molecule has 0 aliphatic carbocycles. The number of pyridine rings is 1. The van der Waals surface area contributed by atoms with Gasteiger partial charge < -0.3 is 14.4 Å².